The summed E-state index contributed by atoms with van der Waals surface area (Å²) in [5, 5.41) is 2.88. The first kappa shape index (κ1) is 17.5. The van der Waals surface area contributed by atoms with Crippen LogP contribution in [0.3, 0.4) is 0 Å². The van der Waals surface area contributed by atoms with Crippen LogP contribution < -0.4 is 10.1 Å². The lowest BCUT2D eigenvalue weighted by Gasteiger charge is -2.14. The van der Waals surface area contributed by atoms with Crippen molar-refractivity contribution in [3.8, 4) is 11.6 Å². The van der Waals surface area contributed by atoms with Crippen molar-refractivity contribution in [2.45, 2.75) is 6.18 Å². The normalized spacial score (nSPS) is 11.2. The van der Waals surface area contributed by atoms with Crippen LogP contribution in [-0.2, 0) is 6.18 Å². The maximum absolute atomic E-state index is 13.2. The van der Waals surface area contributed by atoms with E-state index in [0.717, 1.165) is 3.57 Å². The molecular weight excluding hydrogens is 446 g/mol. The molecule has 0 aliphatic rings. The summed E-state index contributed by atoms with van der Waals surface area (Å²) >= 11 is 2.13. The molecule has 0 aliphatic heterocycles. The Morgan fingerprint density at radius 2 is 1.76 bits per heavy atom. The first-order chi connectivity index (χ1) is 11.9. The fourth-order valence-corrected chi connectivity index (χ4v) is 2.54. The lowest BCUT2D eigenvalue weighted by molar-refractivity contribution is -0.139. The third-order valence-corrected chi connectivity index (χ3v) is 3.77. The average molecular weight is 457 g/mol. The molecule has 1 N–H and O–H groups in total. The summed E-state index contributed by atoms with van der Waals surface area (Å²) < 4.78 is 45.8. The maximum atomic E-state index is 13.2. The van der Waals surface area contributed by atoms with Gasteiger partial charge in [0.15, 0.2) is 0 Å². The zero-order valence-electron chi connectivity index (χ0n) is 12.6. The van der Waals surface area contributed by atoms with Crippen LogP contribution in [0.15, 0.2) is 60.8 Å². The van der Waals surface area contributed by atoms with Crippen molar-refractivity contribution >= 4 is 34.2 Å². The van der Waals surface area contributed by atoms with Gasteiger partial charge in [-0.25, -0.2) is 4.98 Å². The first-order valence-corrected chi connectivity index (χ1v) is 8.19. The maximum Gasteiger partial charge on any atom is 0.423 e. The second-order valence-corrected chi connectivity index (χ2v) is 6.21. The lowest BCUT2D eigenvalue weighted by atomic mass is 10.3. The van der Waals surface area contributed by atoms with Gasteiger partial charge >= 0.3 is 6.18 Å². The summed E-state index contributed by atoms with van der Waals surface area (Å²) in [5.41, 5.74) is -0.373. The van der Waals surface area contributed by atoms with Crippen LogP contribution in [0.5, 0.6) is 11.6 Å². The van der Waals surface area contributed by atoms with Crippen molar-refractivity contribution in [1.82, 2.24) is 9.97 Å². The number of halogens is 4. The topological polar surface area (TPSA) is 47.0 Å². The van der Waals surface area contributed by atoms with Crippen molar-refractivity contribution in [3.05, 3.63) is 69.9 Å². The van der Waals surface area contributed by atoms with E-state index in [-0.39, 0.29) is 11.7 Å². The third-order valence-electron chi connectivity index (χ3n) is 3.10. The van der Waals surface area contributed by atoms with Gasteiger partial charge in [0, 0.05) is 15.5 Å². The molecule has 0 atom stereocenters. The molecule has 128 valence electrons. The number of anilines is 2. The summed E-state index contributed by atoms with van der Waals surface area (Å²) in [7, 11) is 0. The smallest absolute Gasteiger partial charge is 0.423 e. The van der Waals surface area contributed by atoms with Crippen LogP contribution in [0.2, 0.25) is 0 Å². The van der Waals surface area contributed by atoms with Crippen LogP contribution in [0, 0.1) is 3.57 Å². The van der Waals surface area contributed by atoms with E-state index in [1.807, 2.05) is 18.2 Å². The molecule has 1 aromatic heterocycles. The molecule has 0 amide bonds. The van der Waals surface area contributed by atoms with Gasteiger partial charge in [-0.15, -0.1) is 0 Å². The number of hydrogen-bond donors (Lipinski definition) is 1. The molecule has 0 saturated heterocycles. The molecule has 25 heavy (non-hydrogen) atoms. The Morgan fingerprint density at radius 1 is 1.00 bits per heavy atom. The van der Waals surface area contributed by atoms with Crippen molar-refractivity contribution in [1.29, 1.82) is 0 Å². The van der Waals surface area contributed by atoms with E-state index >= 15 is 0 Å². The summed E-state index contributed by atoms with van der Waals surface area (Å²) in [6.45, 7) is 0. The SMILES string of the molecule is FC(F)(F)c1cnc(Nc2cccc(I)c2)nc1Oc1ccccc1. The average Bonchev–Trinajstić information content (AvgIpc) is 2.55. The highest BCUT2D eigenvalue weighted by molar-refractivity contribution is 14.1. The highest BCUT2D eigenvalue weighted by Crippen LogP contribution is 2.37. The minimum Gasteiger partial charge on any atom is -0.438 e. The molecule has 0 bridgehead atoms. The number of hydrogen-bond acceptors (Lipinski definition) is 4. The fraction of sp³-hybridized carbons (Fsp3) is 0.0588. The number of ether oxygens (including phenoxy) is 1. The zero-order valence-corrected chi connectivity index (χ0v) is 14.7. The van der Waals surface area contributed by atoms with Crippen molar-refractivity contribution < 1.29 is 17.9 Å². The van der Waals surface area contributed by atoms with Gasteiger partial charge in [-0.2, -0.15) is 18.2 Å². The molecule has 0 aliphatic carbocycles. The summed E-state index contributed by atoms with van der Waals surface area (Å²) in [6.07, 6.45) is -3.91. The van der Waals surface area contributed by atoms with E-state index in [1.54, 1.807) is 36.4 Å². The van der Waals surface area contributed by atoms with Gasteiger partial charge in [0.05, 0.1) is 0 Å². The van der Waals surface area contributed by atoms with E-state index in [0.29, 0.717) is 11.9 Å². The highest BCUT2D eigenvalue weighted by Gasteiger charge is 2.36. The van der Waals surface area contributed by atoms with E-state index < -0.39 is 17.6 Å². The van der Waals surface area contributed by atoms with Crippen molar-refractivity contribution in [2.75, 3.05) is 5.32 Å². The first-order valence-electron chi connectivity index (χ1n) is 7.11. The van der Waals surface area contributed by atoms with Gasteiger partial charge in [-0.1, -0.05) is 24.3 Å². The second kappa shape index (κ2) is 7.26. The Balaban J connectivity index is 1.95. The van der Waals surface area contributed by atoms with Crippen LogP contribution in [-0.4, -0.2) is 9.97 Å². The number of nitrogens with zero attached hydrogens (tertiary/aromatic N) is 2. The standard InChI is InChI=1S/C17H11F3IN3O/c18-17(19,20)14-10-22-16(23-12-6-4-5-11(21)9-12)24-15(14)25-13-7-2-1-3-8-13/h1-10H,(H,22,23,24). The molecule has 3 rings (SSSR count). The predicted octanol–water partition coefficient (Wildman–Crippen LogP) is 5.64. The van der Waals surface area contributed by atoms with Crippen LogP contribution >= 0.6 is 22.6 Å². The van der Waals surface area contributed by atoms with E-state index in [9.17, 15) is 13.2 Å². The van der Waals surface area contributed by atoms with Gasteiger partial charge in [-0.3, -0.25) is 0 Å². The van der Waals surface area contributed by atoms with Gasteiger partial charge < -0.3 is 10.1 Å². The Morgan fingerprint density at radius 3 is 2.44 bits per heavy atom. The number of rotatable bonds is 4. The molecule has 0 fully saturated rings. The number of benzene rings is 2. The highest BCUT2D eigenvalue weighted by atomic mass is 127. The molecule has 1 heterocycles. The molecule has 4 nitrogen and oxygen atoms in total. The summed E-state index contributed by atoms with van der Waals surface area (Å²) in [6, 6.07) is 15.5. The molecular formula is C17H11F3IN3O. The molecule has 0 unspecified atom stereocenters. The molecule has 2 aromatic carbocycles. The van der Waals surface area contributed by atoms with Crippen LogP contribution in [0.4, 0.5) is 24.8 Å². The van der Waals surface area contributed by atoms with Crippen molar-refractivity contribution in [3.63, 3.8) is 0 Å². The van der Waals surface area contributed by atoms with Gasteiger partial charge in [-0.05, 0) is 52.9 Å². The van der Waals surface area contributed by atoms with E-state index in [2.05, 4.69) is 37.9 Å². The Kier molecular flexibility index (Phi) is 5.07. The minimum absolute atomic E-state index is 0.0148. The fourth-order valence-electron chi connectivity index (χ4n) is 1.99. The third kappa shape index (κ3) is 4.59. The lowest BCUT2D eigenvalue weighted by Crippen LogP contribution is -2.11. The Labute approximate surface area is 155 Å². The molecule has 0 radical (unpaired) electrons. The number of nitrogens with one attached hydrogen (secondary N) is 1. The molecule has 3 aromatic rings. The van der Waals surface area contributed by atoms with Crippen LogP contribution in [0.25, 0.3) is 0 Å². The summed E-state index contributed by atoms with van der Waals surface area (Å²) in [4.78, 5) is 7.64. The van der Waals surface area contributed by atoms with Gasteiger partial charge in [0.2, 0.25) is 11.8 Å². The van der Waals surface area contributed by atoms with E-state index in [1.165, 1.54) is 0 Å². The second-order valence-electron chi connectivity index (χ2n) is 4.96. The van der Waals surface area contributed by atoms with Crippen LogP contribution in [0.1, 0.15) is 5.56 Å². The molecule has 8 heteroatoms. The van der Waals surface area contributed by atoms with E-state index in [4.69, 9.17) is 4.74 Å². The Hall–Kier alpha value is -2.36. The number of aromatic nitrogens is 2. The van der Waals surface area contributed by atoms with Gasteiger partial charge in [0.1, 0.15) is 11.3 Å². The molecule has 0 saturated carbocycles. The monoisotopic (exact) mass is 457 g/mol. The quantitative estimate of drug-likeness (QED) is 0.516. The predicted molar refractivity (Wildman–Crippen MR) is 96.0 cm³/mol. The van der Waals surface area contributed by atoms with Gasteiger partial charge in [0.25, 0.3) is 0 Å². The number of alkyl halides is 3. The van der Waals surface area contributed by atoms with Crippen molar-refractivity contribution in [2.24, 2.45) is 0 Å². The minimum atomic E-state index is -4.62. The Bertz CT molecular complexity index is 873. The largest absolute Gasteiger partial charge is 0.438 e. The summed E-state index contributed by atoms with van der Waals surface area (Å²) in [5.74, 6) is -0.283. The molecule has 0 spiro atoms. The zero-order chi connectivity index (χ0) is 17.9. The number of para-hydroxylation sites is 1.